The molecule has 0 unspecified atom stereocenters. The maximum absolute atomic E-state index is 11.1. The minimum absolute atomic E-state index is 0.272. The Bertz CT molecular complexity index is 361. The standard InChI is InChI=1S/C11H13NO3/c1-8(13)12(2)10(11(14)15)9-6-4-3-5-7-9/h3-7,10H,1-2H3,(H,14,15)/t10-/m1/s1. The quantitative estimate of drug-likeness (QED) is 0.812. The van der Waals surface area contributed by atoms with E-state index in [1.807, 2.05) is 0 Å². The molecule has 1 aromatic carbocycles. The molecule has 0 saturated carbocycles. The SMILES string of the molecule is CC(=O)N(C)[C@@H](C(=O)O)c1ccccc1. The number of hydrogen-bond acceptors (Lipinski definition) is 2. The molecule has 15 heavy (non-hydrogen) atoms. The van der Waals surface area contributed by atoms with Crippen molar-refractivity contribution in [2.75, 3.05) is 7.05 Å². The maximum Gasteiger partial charge on any atom is 0.331 e. The van der Waals surface area contributed by atoms with Gasteiger partial charge in [-0.05, 0) is 5.56 Å². The lowest BCUT2D eigenvalue weighted by atomic mass is 10.1. The fourth-order valence-corrected chi connectivity index (χ4v) is 1.35. The number of nitrogens with zero attached hydrogens (tertiary/aromatic N) is 1. The van der Waals surface area contributed by atoms with E-state index in [2.05, 4.69) is 0 Å². The van der Waals surface area contributed by atoms with E-state index in [4.69, 9.17) is 5.11 Å². The van der Waals surface area contributed by atoms with Crippen molar-refractivity contribution in [3.63, 3.8) is 0 Å². The zero-order valence-electron chi connectivity index (χ0n) is 8.68. The zero-order chi connectivity index (χ0) is 11.4. The Kier molecular flexibility index (Phi) is 3.44. The van der Waals surface area contributed by atoms with Crippen LogP contribution in [0.5, 0.6) is 0 Å². The third-order valence-corrected chi connectivity index (χ3v) is 2.23. The van der Waals surface area contributed by atoms with Gasteiger partial charge in [-0.15, -0.1) is 0 Å². The molecule has 1 N–H and O–H groups in total. The lowest BCUT2D eigenvalue weighted by Crippen LogP contribution is -2.34. The lowest BCUT2D eigenvalue weighted by Gasteiger charge is -2.23. The predicted molar refractivity (Wildman–Crippen MR) is 55.3 cm³/mol. The highest BCUT2D eigenvalue weighted by molar-refractivity contribution is 5.83. The highest BCUT2D eigenvalue weighted by Gasteiger charge is 2.25. The Labute approximate surface area is 88.1 Å². The first-order chi connectivity index (χ1) is 7.04. The number of benzene rings is 1. The Hall–Kier alpha value is -1.84. The molecule has 0 aliphatic rings. The molecule has 0 fully saturated rings. The van der Waals surface area contributed by atoms with Gasteiger partial charge < -0.3 is 10.0 Å². The highest BCUT2D eigenvalue weighted by Crippen LogP contribution is 2.19. The molecular formula is C11H13NO3. The van der Waals surface area contributed by atoms with Crippen molar-refractivity contribution in [3.8, 4) is 0 Å². The molecule has 1 amide bonds. The van der Waals surface area contributed by atoms with Gasteiger partial charge >= 0.3 is 5.97 Å². The van der Waals surface area contributed by atoms with Gasteiger partial charge in [0, 0.05) is 14.0 Å². The van der Waals surface area contributed by atoms with Gasteiger partial charge in [-0.3, -0.25) is 4.79 Å². The van der Waals surface area contributed by atoms with E-state index in [0.717, 1.165) is 0 Å². The van der Waals surface area contributed by atoms with Crippen LogP contribution in [0.25, 0.3) is 0 Å². The van der Waals surface area contributed by atoms with Gasteiger partial charge in [-0.25, -0.2) is 4.79 Å². The summed E-state index contributed by atoms with van der Waals surface area (Å²) >= 11 is 0. The monoisotopic (exact) mass is 207 g/mol. The average molecular weight is 207 g/mol. The fourth-order valence-electron chi connectivity index (χ4n) is 1.35. The highest BCUT2D eigenvalue weighted by atomic mass is 16.4. The van der Waals surface area contributed by atoms with Gasteiger partial charge in [-0.2, -0.15) is 0 Å². The first kappa shape index (κ1) is 11.2. The van der Waals surface area contributed by atoms with Crippen LogP contribution in [-0.4, -0.2) is 28.9 Å². The smallest absolute Gasteiger partial charge is 0.331 e. The van der Waals surface area contributed by atoms with Crippen LogP contribution in [0, 0.1) is 0 Å². The Balaban J connectivity index is 3.04. The molecule has 0 saturated heterocycles. The van der Waals surface area contributed by atoms with E-state index < -0.39 is 12.0 Å². The largest absolute Gasteiger partial charge is 0.479 e. The summed E-state index contributed by atoms with van der Waals surface area (Å²) in [6.07, 6.45) is 0. The van der Waals surface area contributed by atoms with Crippen LogP contribution >= 0.6 is 0 Å². The molecule has 0 heterocycles. The van der Waals surface area contributed by atoms with Crippen LogP contribution in [0.15, 0.2) is 30.3 Å². The van der Waals surface area contributed by atoms with Crippen molar-refractivity contribution in [1.82, 2.24) is 4.90 Å². The van der Waals surface area contributed by atoms with Gasteiger partial charge in [0.25, 0.3) is 0 Å². The summed E-state index contributed by atoms with van der Waals surface area (Å²) < 4.78 is 0. The van der Waals surface area contributed by atoms with Crippen LogP contribution in [0.1, 0.15) is 18.5 Å². The summed E-state index contributed by atoms with van der Waals surface area (Å²) in [6.45, 7) is 1.35. The maximum atomic E-state index is 11.1. The second-order valence-corrected chi connectivity index (χ2v) is 3.28. The van der Waals surface area contributed by atoms with Crippen LogP contribution in [0.2, 0.25) is 0 Å². The van der Waals surface area contributed by atoms with Crippen LogP contribution in [-0.2, 0) is 9.59 Å². The van der Waals surface area contributed by atoms with Crippen molar-refractivity contribution in [2.45, 2.75) is 13.0 Å². The van der Waals surface area contributed by atoms with E-state index >= 15 is 0 Å². The fraction of sp³-hybridized carbons (Fsp3) is 0.273. The normalized spacial score (nSPS) is 11.9. The number of carboxylic acid groups (broad SMARTS) is 1. The molecule has 0 radical (unpaired) electrons. The van der Waals surface area contributed by atoms with Gasteiger partial charge in [0.05, 0.1) is 0 Å². The summed E-state index contributed by atoms with van der Waals surface area (Å²) in [6, 6.07) is 7.77. The number of aliphatic carboxylic acids is 1. The molecule has 80 valence electrons. The van der Waals surface area contributed by atoms with Gasteiger partial charge in [0.2, 0.25) is 5.91 Å². The first-order valence-electron chi connectivity index (χ1n) is 4.55. The molecule has 4 nitrogen and oxygen atoms in total. The molecule has 0 aliphatic carbocycles. The van der Waals surface area contributed by atoms with Crippen LogP contribution < -0.4 is 0 Å². The Morgan fingerprint density at radius 2 is 1.80 bits per heavy atom. The molecule has 4 heteroatoms. The van der Waals surface area contributed by atoms with E-state index in [1.54, 1.807) is 30.3 Å². The third kappa shape index (κ3) is 2.56. The molecule has 1 rings (SSSR count). The number of amides is 1. The molecule has 1 atom stereocenters. The molecule has 0 spiro atoms. The summed E-state index contributed by atoms with van der Waals surface area (Å²) in [7, 11) is 1.48. The van der Waals surface area contributed by atoms with Crippen LogP contribution in [0.3, 0.4) is 0 Å². The van der Waals surface area contributed by atoms with Crippen molar-refractivity contribution in [1.29, 1.82) is 0 Å². The molecular weight excluding hydrogens is 194 g/mol. The van der Waals surface area contributed by atoms with E-state index in [-0.39, 0.29) is 5.91 Å². The predicted octanol–water partition coefficient (Wildman–Crippen LogP) is 1.29. The number of hydrogen-bond donors (Lipinski definition) is 1. The number of carbonyl (C=O) groups excluding carboxylic acids is 1. The third-order valence-electron chi connectivity index (χ3n) is 2.23. The number of rotatable bonds is 3. The van der Waals surface area contributed by atoms with Crippen molar-refractivity contribution in [2.24, 2.45) is 0 Å². The summed E-state index contributed by atoms with van der Waals surface area (Å²) in [5, 5.41) is 9.05. The van der Waals surface area contributed by atoms with E-state index in [0.29, 0.717) is 5.56 Å². The van der Waals surface area contributed by atoms with Crippen molar-refractivity contribution >= 4 is 11.9 Å². The number of likely N-dealkylation sites (N-methyl/N-ethyl adjacent to an activating group) is 1. The van der Waals surface area contributed by atoms with E-state index in [9.17, 15) is 9.59 Å². The molecule has 0 bridgehead atoms. The molecule has 0 aromatic heterocycles. The number of carboxylic acids is 1. The zero-order valence-corrected chi connectivity index (χ0v) is 8.68. The minimum atomic E-state index is -1.03. The van der Waals surface area contributed by atoms with Gasteiger partial charge in [0.15, 0.2) is 6.04 Å². The average Bonchev–Trinajstić information content (AvgIpc) is 2.18. The minimum Gasteiger partial charge on any atom is -0.479 e. The van der Waals surface area contributed by atoms with Crippen molar-refractivity contribution in [3.05, 3.63) is 35.9 Å². The summed E-state index contributed by atoms with van der Waals surface area (Å²) in [4.78, 5) is 23.4. The summed E-state index contributed by atoms with van der Waals surface area (Å²) in [5.74, 6) is -1.30. The first-order valence-corrected chi connectivity index (χ1v) is 4.55. The topological polar surface area (TPSA) is 57.6 Å². The number of carbonyl (C=O) groups is 2. The second kappa shape index (κ2) is 4.59. The van der Waals surface area contributed by atoms with Crippen LogP contribution in [0.4, 0.5) is 0 Å². The molecule has 0 aliphatic heterocycles. The molecule has 1 aromatic rings. The second-order valence-electron chi connectivity index (χ2n) is 3.28. The lowest BCUT2D eigenvalue weighted by molar-refractivity contribution is -0.148. The Morgan fingerprint density at radius 3 is 2.20 bits per heavy atom. The summed E-state index contributed by atoms with van der Waals surface area (Å²) in [5.41, 5.74) is 0.600. The Morgan fingerprint density at radius 1 is 1.27 bits per heavy atom. The van der Waals surface area contributed by atoms with Gasteiger partial charge in [0.1, 0.15) is 0 Å². The van der Waals surface area contributed by atoms with Crippen molar-refractivity contribution < 1.29 is 14.7 Å². The van der Waals surface area contributed by atoms with Gasteiger partial charge in [-0.1, -0.05) is 30.3 Å². The van der Waals surface area contributed by atoms with E-state index in [1.165, 1.54) is 18.9 Å².